The molecule has 0 unspecified atom stereocenters. The lowest BCUT2D eigenvalue weighted by molar-refractivity contribution is 0.102. The summed E-state index contributed by atoms with van der Waals surface area (Å²) in [6.07, 6.45) is 0.821. The number of aryl methyl sites for hydroxylation is 1. The number of nitriles is 1. The minimum atomic E-state index is -0.195. The molecular weight excluding hydrogens is 276 g/mol. The predicted octanol–water partition coefficient (Wildman–Crippen LogP) is 3.25. The number of hydrogen-bond acceptors (Lipinski definition) is 3. The molecular formula is C17H14N4O. The molecule has 3 rings (SSSR count). The van der Waals surface area contributed by atoms with Crippen molar-refractivity contribution in [2.45, 2.75) is 13.3 Å². The van der Waals surface area contributed by atoms with Crippen LogP contribution in [-0.4, -0.2) is 15.9 Å². The highest BCUT2D eigenvalue weighted by molar-refractivity contribution is 6.05. The number of nitrogens with zero attached hydrogens (tertiary/aromatic N) is 2. The van der Waals surface area contributed by atoms with Crippen molar-refractivity contribution in [3.05, 3.63) is 59.4 Å². The average Bonchev–Trinajstić information content (AvgIpc) is 2.97. The quantitative estimate of drug-likeness (QED) is 0.776. The summed E-state index contributed by atoms with van der Waals surface area (Å²) >= 11 is 0. The average molecular weight is 290 g/mol. The van der Waals surface area contributed by atoms with E-state index in [2.05, 4.69) is 15.3 Å². The van der Waals surface area contributed by atoms with Crippen LogP contribution < -0.4 is 5.32 Å². The van der Waals surface area contributed by atoms with Gasteiger partial charge in [-0.2, -0.15) is 5.26 Å². The van der Waals surface area contributed by atoms with Crippen molar-refractivity contribution in [1.82, 2.24) is 9.97 Å². The van der Waals surface area contributed by atoms with Gasteiger partial charge in [-0.15, -0.1) is 0 Å². The van der Waals surface area contributed by atoms with E-state index < -0.39 is 0 Å². The van der Waals surface area contributed by atoms with Crippen LogP contribution in [-0.2, 0) is 6.42 Å². The van der Waals surface area contributed by atoms with E-state index in [0.29, 0.717) is 16.8 Å². The van der Waals surface area contributed by atoms with Gasteiger partial charge in [0.05, 0.1) is 22.7 Å². The van der Waals surface area contributed by atoms with Gasteiger partial charge in [0.1, 0.15) is 5.82 Å². The van der Waals surface area contributed by atoms with Crippen LogP contribution in [0, 0.1) is 11.3 Å². The largest absolute Gasteiger partial charge is 0.342 e. The number of fused-ring (bicyclic) bond motifs is 1. The number of benzene rings is 2. The minimum absolute atomic E-state index is 0.195. The molecule has 5 nitrogen and oxygen atoms in total. The van der Waals surface area contributed by atoms with E-state index in [9.17, 15) is 4.79 Å². The molecule has 0 fully saturated rings. The van der Waals surface area contributed by atoms with Gasteiger partial charge in [-0.1, -0.05) is 6.92 Å². The van der Waals surface area contributed by atoms with Gasteiger partial charge in [0.2, 0.25) is 0 Å². The van der Waals surface area contributed by atoms with Gasteiger partial charge in [-0.3, -0.25) is 4.79 Å². The number of anilines is 1. The molecule has 0 atom stereocenters. The molecule has 0 saturated carbocycles. The molecule has 0 bridgehead atoms. The second-order valence-electron chi connectivity index (χ2n) is 4.91. The number of carbonyl (C=O) groups is 1. The van der Waals surface area contributed by atoms with Crippen LogP contribution in [0.2, 0.25) is 0 Å². The lowest BCUT2D eigenvalue weighted by atomic mass is 10.1. The summed E-state index contributed by atoms with van der Waals surface area (Å²) in [6, 6.07) is 14.2. The maximum atomic E-state index is 12.3. The van der Waals surface area contributed by atoms with Crippen molar-refractivity contribution in [1.29, 1.82) is 5.26 Å². The Kier molecular flexibility index (Phi) is 3.58. The van der Waals surface area contributed by atoms with Crippen LogP contribution in [0.15, 0.2) is 42.5 Å². The fourth-order valence-corrected chi connectivity index (χ4v) is 2.20. The second kappa shape index (κ2) is 5.70. The molecule has 108 valence electrons. The van der Waals surface area contributed by atoms with Crippen molar-refractivity contribution >= 4 is 22.6 Å². The normalized spacial score (nSPS) is 10.4. The number of aromatic nitrogens is 2. The Hall–Kier alpha value is -3.13. The zero-order valence-electron chi connectivity index (χ0n) is 12.1. The number of rotatable bonds is 3. The number of amides is 1. The lowest BCUT2D eigenvalue weighted by Gasteiger charge is -2.05. The summed E-state index contributed by atoms with van der Waals surface area (Å²) in [7, 11) is 0. The first-order chi connectivity index (χ1) is 10.7. The van der Waals surface area contributed by atoms with Crippen molar-refractivity contribution in [3.8, 4) is 6.07 Å². The third-order valence-corrected chi connectivity index (χ3v) is 3.40. The molecule has 1 aromatic heterocycles. The number of imidazole rings is 1. The molecule has 2 aromatic carbocycles. The van der Waals surface area contributed by atoms with Crippen molar-refractivity contribution in [3.63, 3.8) is 0 Å². The number of H-pyrrole nitrogens is 1. The zero-order chi connectivity index (χ0) is 15.5. The predicted molar refractivity (Wildman–Crippen MR) is 84.6 cm³/mol. The Bertz CT molecular complexity index is 872. The third kappa shape index (κ3) is 2.67. The Balaban J connectivity index is 1.83. The highest BCUT2D eigenvalue weighted by atomic mass is 16.1. The molecule has 5 heteroatoms. The molecule has 2 N–H and O–H groups in total. The second-order valence-corrected chi connectivity index (χ2v) is 4.91. The minimum Gasteiger partial charge on any atom is -0.342 e. The van der Waals surface area contributed by atoms with Crippen molar-refractivity contribution in [2.24, 2.45) is 0 Å². The maximum Gasteiger partial charge on any atom is 0.255 e. The number of nitrogens with one attached hydrogen (secondary N) is 2. The van der Waals surface area contributed by atoms with Crippen LogP contribution >= 0.6 is 0 Å². The van der Waals surface area contributed by atoms with Gasteiger partial charge in [0.25, 0.3) is 5.91 Å². The van der Waals surface area contributed by atoms with Gasteiger partial charge in [-0.05, 0) is 42.5 Å². The highest BCUT2D eigenvalue weighted by Crippen LogP contribution is 2.16. The van der Waals surface area contributed by atoms with E-state index in [1.54, 1.807) is 36.4 Å². The molecule has 0 saturated heterocycles. The van der Waals surface area contributed by atoms with Crippen molar-refractivity contribution in [2.75, 3.05) is 5.32 Å². The molecule has 1 heterocycles. The standard InChI is InChI=1S/C17H14N4O/c1-2-16-20-14-8-5-12(9-15(14)21-16)17(22)19-13-6-3-11(10-18)4-7-13/h3-9H,2H2,1H3,(H,19,22)(H,20,21). The van der Waals surface area contributed by atoms with Crippen LogP contribution in [0.3, 0.4) is 0 Å². The van der Waals surface area contributed by atoms with Gasteiger partial charge in [-0.25, -0.2) is 4.98 Å². The lowest BCUT2D eigenvalue weighted by Crippen LogP contribution is -2.11. The summed E-state index contributed by atoms with van der Waals surface area (Å²) in [4.78, 5) is 19.9. The number of hydrogen-bond donors (Lipinski definition) is 2. The Morgan fingerprint density at radius 2 is 2.05 bits per heavy atom. The van der Waals surface area contributed by atoms with E-state index in [0.717, 1.165) is 23.3 Å². The first-order valence-electron chi connectivity index (χ1n) is 7.00. The van der Waals surface area contributed by atoms with E-state index in [-0.39, 0.29) is 5.91 Å². The highest BCUT2D eigenvalue weighted by Gasteiger charge is 2.09. The van der Waals surface area contributed by atoms with Gasteiger partial charge in [0.15, 0.2) is 0 Å². The van der Waals surface area contributed by atoms with E-state index >= 15 is 0 Å². The summed E-state index contributed by atoms with van der Waals surface area (Å²) in [6.45, 7) is 2.02. The van der Waals surface area contributed by atoms with Gasteiger partial charge in [0, 0.05) is 17.7 Å². The van der Waals surface area contributed by atoms with Gasteiger partial charge >= 0.3 is 0 Å². The first-order valence-corrected chi connectivity index (χ1v) is 7.00. The Labute approximate surface area is 127 Å². The molecule has 22 heavy (non-hydrogen) atoms. The van der Waals surface area contributed by atoms with Crippen LogP contribution in [0.4, 0.5) is 5.69 Å². The molecule has 0 aliphatic carbocycles. The smallest absolute Gasteiger partial charge is 0.255 e. The molecule has 0 spiro atoms. The van der Waals surface area contributed by atoms with Crippen LogP contribution in [0.1, 0.15) is 28.7 Å². The van der Waals surface area contributed by atoms with Gasteiger partial charge < -0.3 is 10.3 Å². The zero-order valence-corrected chi connectivity index (χ0v) is 12.1. The Morgan fingerprint density at radius 3 is 2.73 bits per heavy atom. The molecule has 1 amide bonds. The van der Waals surface area contributed by atoms with E-state index in [1.165, 1.54) is 0 Å². The topological polar surface area (TPSA) is 81.6 Å². The monoisotopic (exact) mass is 290 g/mol. The van der Waals surface area contributed by atoms with E-state index in [4.69, 9.17) is 5.26 Å². The fraction of sp³-hybridized carbons (Fsp3) is 0.118. The van der Waals surface area contributed by atoms with Crippen molar-refractivity contribution < 1.29 is 4.79 Å². The molecule has 3 aromatic rings. The maximum absolute atomic E-state index is 12.3. The molecule has 0 aliphatic heterocycles. The number of carbonyl (C=O) groups excluding carboxylic acids is 1. The number of aromatic amines is 1. The fourth-order valence-electron chi connectivity index (χ4n) is 2.20. The summed E-state index contributed by atoms with van der Waals surface area (Å²) in [5.74, 6) is 0.707. The Morgan fingerprint density at radius 1 is 1.27 bits per heavy atom. The SMILES string of the molecule is CCc1nc2ccc(C(=O)Nc3ccc(C#N)cc3)cc2[nH]1. The first kappa shape index (κ1) is 13.8. The van der Waals surface area contributed by atoms with E-state index in [1.807, 2.05) is 19.1 Å². The summed E-state index contributed by atoms with van der Waals surface area (Å²) < 4.78 is 0. The van der Waals surface area contributed by atoms with Crippen LogP contribution in [0.25, 0.3) is 11.0 Å². The molecule has 0 aliphatic rings. The molecule has 0 radical (unpaired) electrons. The summed E-state index contributed by atoms with van der Waals surface area (Å²) in [5.41, 5.74) is 3.48. The van der Waals surface area contributed by atoms with Crippen LogP contribution in [0.5, 0.6) is 0 Å². The third-order valence-electron chi connectivity index (χ3n) is 3.40. The summed E-state index contributed by atoms with van der Waals surface area (Å²) in [5, 5.41) is 11.6.